The number of piperazine rings is 1. The van der Waals surface area contributed by atoms with Crippen molar-refractivity contribution in [2.24, 2.45) is 0 Å². The van der Waals surface area contributed by atoms with Crippen molar-refractivity contribution < 1.29 is 14.0 Å². The van der Waals surface area contributed by atoms with E-state index in [4.69, 9.17) is 0 Å². The molecule has 4 rings (SSSR count). The fourth-order valence-corrected chi connectivity index (χ4v) is 4.30. The molecule has 2 amide bonds. The Kier molecular flexibility index (Phi) is 7.16. The molecule has 0 bridgehead atoms. The average molecular weight is 443 g/mol. The molecule has 1 fully saturated rings. The van der Waals surface area contributed by atoms with Crippen LogP contribution in [0, 0.1) is 5.82 Å². The van der Waals surface area contributed by atoms with Crippen molar-refractivity contribution >= 4 is 11.8 Å². The van der Waals surface area contributed by atoms with E-state index in [1.54, 1.807) is 27.8 Å². The lowest BCUT2D eigenvalue weighted by Gasteiger charge is -2.33. The number of carbonyl (C=O) groups is 2. The minimum atomic E-state index is -0.319. The molecule has 0 spiro atoms. The van der Waals surface area contributed by atoms with Crippen LogP contribution in [-0.4, -0.2) is 88.7 Å². The molecule has 0 aliphatic carbocycles. The molecular weight excluding hydrogens is 411 g/mol. The maximum Gasteiger partial charge on any atom is 0.272 e. The van der Waals surface area contributed by atoms with Gasteiger partial charge in [-0.2, -0.15) is 5.10 Å². The number of carbonyl (C=O) groups excluding carboxylic acids is 2. The van der Waals surface area contributed by atoms with Crippen LogP contribution in [0.1, 0.15) is 39.9 Å². The fourth-order valence-electron chi connectivity index (χ4n) is 4.30. The molecule has 2 aliphatic rings. The first kappa shape index (κ1) is 22.4. The molecule has 1 N–H and O–H groups in total. The van der Waals surface area contributed by atoms with Crippen molar-refractivity contribution in [1.82, 2.24) is 29.8 Å². The number of hydrogen-bond acceptors (Lipinski definition) is 5. The zero-order chi connectivity index (χ0) is 22.5. The molecule has 0 saturated carbocycles. The Morgan fingerprint density at radius 2 is 1.88 bits per heavy atom. The maximum atomic E-state index is 13.5. The molecule has 8 nitrogen and oxygen atoms in total. The van der Waals surface area contributed by atoms with Crippen LogP contribution in [0.5, 0.6) is 0 Å². The van der Waals surface area contributed by atoms with Gasteiger partial charge in [0.2, 0.25) is 0 Å². The smallest absolute Gasteiger partial charge is 0.272 e. The Balaban J connectivity index is 1.34. The van der Waals surface area contributed by atoms with Gasteiger partial charge in [-0.05, 0) is 30.7 Å². The van der Waals surface area contributed by atoms with Crippen molar-refractivity contribution in [2.75, 3.05) is 52.4 Å². The van der Waals surface area contributed by atoms with Crippen molar-refractivity contribution in [3.8, 4) is 0 Å². The molecule has 0 atom stereocenters. The zero-order valence-corrected chi connectivity index (χ0v) is 18.6. The third-order valence-corrected chi connectivity index (χ3v) is 6.21. The van der Waals surface area contributed by atoms with E-state index in [1.165, 1.54) is 12.1 Å². The quantitative estimate of drug-likeness (QED) is 0.703. The number of likely N-dealkylation sites (N-methyl/N-ethyl adjacent to an activating group) is 1. The second-order valence-electron chi connectivity index (χ2n) is 8.38. The molecule has 2 aliphatic heterocycles. The number of fused-ring (bicyclic) bond motifs is 1. The van der Waals surface area contributed by atoms with Crippen molar-refractivity contribution in [3.63, 3.8) is 0 Å². The summed E-state index contributed by atoms with van der Waals surface area (Å²) in [7, 11) is 0. The lowest BCUT2D eigenvalue weighted by Crippen LogP contribution is -2.48. The first-order valence-electron chi connectivity index (χ1n) is 11.4. The Labute approximate surface area is 188 Å². The number of hydrogen-bond donors (Lipinski definition) is 1. The zero-order valence-electron chi connectivity index (χ0n) is 18.6. The van der Waals surface area contributed by atoms with Gasteiger partial charge in [-0.3, -0.25) is 19.2 Å². The van der Waals surface area contributed by atoms with Crippen LogP contribution in [0.15, 0.2) is 30.3 Å². The van der Waals surface area contributed by atoms with E-state index in [9.17, 15) is 14.0 Å². The predicted octanol–water partition coefficient (Wildman–Crippen LogP) is 1.44. The first-order valence-corrected chi connectivity index (χ1v) is 11.4. The molecule has 1 saturated heterocycles. The number of aryl methyl sites for hydroxylation is 1. The summed E-state index contributed by atoms with van der Waals surface area (Å²) < 4.78 is 15.1. The van der Waals surface area contributed by atoms with Crippen molar-refractivity contribution in [2.45, 2.75) is 26.4 Å². The molecule has 0 unspecified atom stereocenters. The molecule has 0 radical (unpaired) electrons. The van der Waals surface area contributed by atoms with E-state index in [0.29, 0.717) is 31.9 Å². The van der Waals surface area contributed by atoms with Crippen LogP contribution in [0.3, 0.4) is 0 Å². The summed E-state index contributed by atoms with van der Waals surface area (Å²) in [4.78, 5) is 32.1. The minimum Gasteiger partial charge on any atom is -0.349 e. The standard InChI is InChI=1S/C23H31FN6O2/c1-2-27-11-13-28(14-12-27)10-7-25-22(31)20-16-21-23(32)29(8-4-9-30(21)26-20)17-18-5-3-6-19(24)15-18/h3,5-6,15-16H,2,4,7-14,17H2,1H3,(H,25,31). The van der Waals surface area contributed by atoms with Gasteiger partial charge in [0.15, 0.2) is 5.69 Å². The van der Waals surface area contributed by atoms with Crippen molar-refractivity contribution in [1.29, 1.82) is 0 Å². The van der Waals surface area contributed by atoms with Gasteiger partial charge in [0.25, 0.3) is 11.8 Å². The monoisotopic (exact) mass is 442 g/mol. The Morgan fingerprint density at radius 3 is 2.62 bits per heavy atom. The van der Waals surface area contributed by atoms with E-state index in [0.717, 1.165) is 51.3 Å². The van der Waals surface area contributed by atoms with Gasteiger partial charge in [0, 0.05) is 65.0 Å². The second kappa shape index (κ2) is 10.2. The molecular formula is C23H31FN6O2. The summed E-state index contributed by atoms with van der Waals surface area (Å²) in [5.41, 5.74) is 1.40. The predicted molar refractivity (Wildman–Crippen MR) is 119 cm³/mol. The molecule has 1 aromatic heterocycles. The van der Waals surface area contributed by atoms with Gasteiger partial charge in [-0.25, -0.2) is 4.39 Å². The van der Waals surface area contributed by atoms with E-state index in [2.05, 4.69) is 27.1 Å². The van der Waals surface area contributed by atoms with Crippen LogP contribution in [0.4, 0.5) is 4.39 Å². The van der Waals surface area contributed by atoms with Crippen LogP contribution in [0.2, 0.25) is 0 Å². The maximum absolute atomic E-state index is 13.5. The molecule has 9 heteroatoms. The van der Waals surface area contributed by atoms with Crippen molar-refractivity contribution in [3.05, 3.63) is 53.1 Å². The van der Waals surface area contributed by atoms with E-state index < -0.39 is 0 Å². The van der Waals surface area contributed by atoms with Crippen LogP contribution >= 0.6 is 0 Å². The highest BCUT2D eigenvalue weighted by molar-refractivity contribution is 5.98. The Bertz CT molecular complexity index is 954. The fraction of sp³-hybridized carbons (Fsp3) is 0.522. The largest absolute Gasteiger partial charge is 0.349 e. The normalized spacial score (nSPS) is 17.8. The van der Waals surface area contributed by atoms with Gasteiger partial charge < -0.3 is 15.1 Å². The van der Waals surface area contributed by atoms with Gasteiger partial charge in [-0.1, -0.05) is 19.1 Å². The van der Waals surface area contributed by atoms with E-state index >= 15 is 0 Å². The van der Waals surface area contributed by atoms with E-state index in [-0.39, 0.29) is 23.3 Å². The number of benzene rings is 1. The summed E-state index contributed by atoms with van der Waals surface area (Å²) in [6, 6.07) is 7.85. The topological polar surface area (TPSA) is 73.7 Å². The molecule has 32 heavy (non-hydrogen) atoms. The average Bonchev–Trinajstić information content (AvgIpc) is 3.17. The number of rotatable bonds is 7. The first-order chi connectivity index (χ1) is 15.5. The SMILES string of the molecule is CCN1CCN(CCNC(=O)c2cc3n(n2)CCCN(Cc2cccc(F)c2)C3=O)CC1. The lowest BCUT2D eigenvalue weighted by molar-refractivity contribution is 0.0745. The molecule has 172 valence electrons. The van der Waals surface area contributed by atoms with E-state index in [1.807, 2.05) is 0 Å². The van der Waals surface area contributed by atoms with Gasteiger partial charge >= 0.3 is 0 Å². The Hall–Kier alpha value is -2.78. The number of nitrogens with one attached hydrogen (secondary N) is 1. The highest BCUT2D eigenvalue weighted by atomic mass is 19.1. The minimum absolute atomic E-state index is 0.188. The molecule has 2 aromatic rings. The highest BCUT2D eigenvalue weighted by Crippen LogP contribution is 2.17. The summed E-state index contributed by atoms with van der Waals surface area (Å²) in [5, 5.41) is 7.31. The number of aromatic nitrogens is 2. The summed E-state index contributed by atoms with van der Waals surface area (Å²) in [6.07, 6.45) is 0.723. The third-order valence-electron chi connectivity index (χ3n) is 6.21. The number of nitrogens with zero attached hydrogens (tertiary/aromatic N) is 5. The molecule has 1 aromatic carbocycles. The highest BCUT2D eigenvalue weighted by Gasteiger charge is 2.26. The lowest BCUT2D eigenvalue weighted by atomic mass is 10.2. The number of amides is 2. The third kappa shape index (κ3) is 5.34. The number of halogens is 1. The second-order valence-corrected chi connectivity index (χ2v) is 8.38. The Morgan fingerprint density at radius 1 is 1.09 bits per heavy atom. The van der Waals surface area contributed by atoms with Gasteiger partial charge in [0.05, 0.1) is 0 Å². The summed E-state index contributed by atoms with van der Waals surface area (Å²) in [5.74, 6) is -0.768. The van der Waals surface area contributed by atoms with Gasteiger partial charge in [-0.15, -0.1) is 0 Å². The van der Waals surface area contributed by atoms with Crippen LogP contribution in [0.25, 0.3) is 0 Å². The summed E-state index contributed by atoms with van der Waals surface area (Å²) in [6.45, 7) is 10.2. The van der Waals surface area contributed by atoms with Crippen LogP contribution in [-0.2, 0) is 13.1 Å². The van der Waals surface area contributed by atoms with Crippen LogP contribution < -0.4 is 5.32 Å². The van der Waals surface area contributed by atoms with Gasteiger partial charge in [0.1, 0.15) is 11.5 Å². The molecule has 3 heterocycles. The summed E-state index contributed by atoms with van der Waals surface area (Å²) >= 11 is 0.